The van der Waals surface area contributed by atoms with Gasteiger partial charge in [-0.15, -0.1) is 0 Å². The molecule has 2 aromatic carbocycles. The van der Waals surface area contributed by atoms with Crippen molar-refractivity contribution in [3.05, 3.63) is 77.5 Å². The number of alkyl carbamates (subject to hydrolysis) is 2. The third kappa shape index (κ3) is 9.44. The van der Waals surface area contributed by atoms with Gasteiger partial charge in [-0.1, -0.05) is 39.8 Å². The van der Waals surface area contributed by atoms with Crippen LogP contribution in [0.3, 0.4) is 0 Å². The zero-order valence-electron chi connectivity index (χ0n) is 39.3. The number of carbonyl (C=O) groups excluding carboxylic acids is 4. The van der Waals surface area contributed by atoms with Gasteiger partial charge in [0.25, 0.3) is 0 Å². The number of amides is 4. The third-order valence-electron chi connectivity index (χ3n) is 13.5. The van der Waals surface area contributed by atoms with E-state index in [9.17, 15) is 27.6 Å². The summed E-state index contributed by atoms with van der Waals surface area (Å²) in [5.74, 6) is 1.01. The number of aromatic nitrogens is 5. The number of rotatable bonds is 13. The number of nitrogens with one attached hydrogen (secondary N) is 4. The van der Waals surface area contributed by atoms with Crippen molar-refractivity contribution in [1.82, 2.24) is 45.4 Å². The average molecular weight is 940 g/mol. The largest absolute Gasteiger partial charge is 0.453 e. The highest BCUT2D eigenvalue weighted by molar-refractivity contribution is 7.92. The zero-order valence-corrected chi connectivity index (χ0v) is 40.1. The molecule has 4 N–H and O–H groups in total. The Bertz CT molecular complexity index is 2610. The fraction of sp³-hybridized carbons (Fsp3) is 0.511. The topological polar surface area (TPSA) is 228 Å². The van der Waals surface area contributed by atoms with Gasteiger partial charge in [0.1, 0.15) is 29.6 Å². The number of ether oxygens (including phenoxy) is 2. The Morgan fingerprint density at radius 2 is 1.16 bits per heavy atom. The van der Waals surface area contributed by atoms with Crippen LogP contribution in [0.5, 0.6) is 0 Å². The molecule has 358 valence electrons. The predicted octanol–water partition coefficient (Wildman–Crippen LogP) is 6.40. The number of nitrogens with zero attached hydrogens (tertiary/aromatic N) is 7. The average Bonchev–Trinajstić information content (AvgIpc) is 4.17. The van der Waals surface area contributed by atoms with E-state index in [1.807, 2.05) is 45.9 Å². The van der Waals surface area contributed by atoms with Crippen molar-refractivity contribution >= 4 is 67.6 Å². The molecule has 3 aromatic heterocycles. The summed E-state index contributed by atoms with van der Waals surface area (Å²) in [6, 6.07) is 13.7. The molecule has 3 aliphatic rings. The molecule has 3 aliphatic heterocycles. The van der Waals surface area contributed by atoms with Gasteiger partial charge in [-0.2, -0.15) is 0 Å². The first kappa shape index (κ1) is 47.1. The molecule has 20 heteroatoms. The monoisotopic (exact) mass is 939 g/mol. The second-order valence-electron chi connectivity index (χ2n) is 18.5. The van der Waals surface area contributed by atoms with Crippen molar-refractivity contribution in [3.8, 4) is 0 Å². The van der Waals surface area contributed by atoms with Crippen LogP contribution in [-0.2, 0) is 29.1 Å². The van der Waals surface area contributed by atoms with Gasteiger partial charge in [0.15, 0.2) is 0 Å². The summed E-state index contributed by atoms with van der Waals surface area (Å²) in [6.07, 6.45) is 6.18. The molecule has 67 heavy (non-hydrogen) atoms. The van der Waals surface area contributed by atoms with Crippen LogP contribution in [0.1, 0.15) is 113 Å². The Morgan fingerprint density at radius 1 is 0.701 bits per heavy atom. The Balaban J connectivity index is 1.10. The minimum absolute atomic E-state index is 0.110. The first-order chi connectivity index (χ1) is 32.0. The highest BCUT2D eigenvalue weighted by Crippen LogP contribution is 2.48. The second-order valence-corrected chi connectivity index (χ2v) is 20.5. The molecule has 4 amide bonds. The van der Waals surface area contributed by atoms with Gasteiger partial charge >= 0.3 is 12.2 Å². The number of likely N-dealkylation sites (tertiary alicyclic amines) is 2. The Hall–Kier alpha value is -6.44. The fourth-order valence-corrected chi connectivity index (χ4v) is 10.4. The molecule has 19 nitrogen and oxygen atoms in total. The van der Waals surface area contributed by atoms with Crippen molar-refractivity contribution in [2.75, 3.05) is 49.8 Å². The van der Waals surface area contributed by atoms with E-state index in [4.69, 9.17) is 19.4 Å². The Kier molecular flexibility index (Phi) is 13.4. The summed E-state index contributed by atoms with van der Waals surface area (Å²) in [6.45, 7) is 8.65. The number of hydrogen-bond acceptors (Lipinski definition) is 12. The van der Waals surface area contributed by atoms with Crippen molar-refractivity contribution in [2.45, 2.75) is 102 Å². The molecule has 5 aromatic rings. The number of aromatic amines is 2. The first-order valence-electron chi connectivity index (χ1n) is 22.9. The summed E-state index contributed by atoms with van der Waals surface area (Å²) in [5, 5.41) is 5.43. The van der Waals surface area contributed by atoms with Crippen LogP contribution in [-0.4, -0.2) is 120 Å². The summed E-state index contributed by atoms with van der Waals surface area (Å²) >= 11 is 0. The van der Waals surface area contributed by atoms with Crippen molar-refractivity contribution < 1.29 is 37.1 Å². The number of anilines is 2. The van der Waals surface area contributed by atoms with Gasteiger partial charge in [0.2, 0.25) is 21.8 Å². The maximum absolute atomic E-state index is 13.9. The quantitative estimate of drug-likeness (QED) is 0.101. The number of hydrogen-bond donors (Lipinski definition) is 4. The van der Waals surface area contributed by atoms with Crippen LogP contribution < -0.4 is 19.8 Å². The van der Waals surface area contributed by atoms with Crippen molar-refractivity contribution in [2.24, 2.45) is 11.8 Å². The molecule has 6 atom stereocenters. The van der Waals surface area contributed by atoms with E-state index in [2.05, 4.69) is 54.8 Å². The summed E-state index contributed by atoms with van der Waals surface area (Å²) in [4.78, 5) is 79.7. The van der Waals surface area contributed by atoms with Crippen LogP contribution in [0.25, 0.3) is 22.1 Å². The lowest BCUT2D eigenvalue weighted by molar-refractivity contribution is -0.136. The Labute approximate surface area is 390 Å². The van der Waals surface area contributed by atoms with Crippen LogP contribution in [0.2, 0.25) is 0 Å². The molecule has 8 rings (SSSR count). The maximum Gasteiger partial charge on any atom is 0.407 e. The second kappa shape index (κ2) is 19.0. The van der Waals surface area contributed by atoms with Gasteiger partial charge in [0, 0.05) is 20.1 Å². The lowest BCUT2D eigenvalue weighted by Crippen LogP contribution is -2.51. The van der Waals surface area contributed by atoms with Crippen LogP contribution in [0, 0.1) is 11.8 Å². The number of carbonyl (C=O) groups is 4. The van der Waals surface area contributed by atoms with Crippen LogP contribution in [0.15, 0.2) is 54.7 Å². The number of H-pyrrole nitrogens is 2. The predicted molar refractivity (Wildman–Crippen MR) is 253 cm³/mol. The first-order valence-corrected chi connectivity index (χ1v) is 24.8. The minimum atomic E-state index is -3.54. The molecule has 3 saturated heterocycles. The molecule has 0 saturated carbocycles. The van der Waals surface area contributed by atoms with E-state index >= 15 is 0 Å². The molecule has 0 unspecified atom stereocenters. The number of methoxy groups -OCH3 is 2. The van der Waals surface area contributed by atoms with E-state index < -0.39 is 34.3 Å². The highest BCUT2D eigenvalue weighted by atomic mass is 32.2. The van der Waals surface area contributed by atoms with Crippen molar-refractivity contribution in [3.63, 3.8) is 0 Å². The standard InChI is InChI=1S/C47H61N11O8S/c1-26(2)40(53-46(61)65-6)44(59)56-21-9-11-37(56)42-49-31-16-13-28(23-33(31)51-42)35-18-19-36(58(35)30-15-20-39(48-25-30)55(5)67(8,63)64)29-14-17-32-34(24-29)52-43(50-32)38-12-10-22-57(38)45(60)41(27(3)4)54-47(62)66-7/h13-17,20,23-27,35-38,40-41H,9-12,18-19,21-22H2,1-8H3,(H,49,51)(H,50,52)(H,53,61)(H,54,62)/t35-,36-,37+,38+,40+,41+/m1/s1. The van der Waals surface area contributed by atoms with E-state index in [1.54, 1.807) is 22.1 Å². The van der Waals surface area contributed by atoms with Crippen molar-refractivity contribution in [1.29, 1.82) is 0 Å². The number of pyridine rings is 1. The minimum Gasteiger partial charge on any atom is -0.453 e. The van der Waals surface area contributed by atoms with Gasteiger partial charge in [-0.05, 0) is 97.9 Å². The smallest absolute Gasteiger partial charge is 0.407 e. The normalized spacial score (nSPS) is 20.8. The zero-order chi connectivity index (χ0) is 47.9. The van der Waals surface area contributed by atoms with Crippen LogP contribution in [0.4, 0.5) is 21.1 Å². The van der Waals surface area contributed by atoms with Gasteiger partial charge in [-0.25, -0.2) is 33.0 Å². The highest BCUT2D eigenvalue weighted by Gasteiger charge is 2.41. The fourth-order valence-electron chi connectivity index (χ4n) is 9.92. The molecular formula is C47H61N11O8S. The SMILES string of the molecule is COC(=O)N[C@H](C(=O)N1CCC[C@H]1c1nc2ccc([C@H]3CC[C@H](c4ccc5nc([C@@H]6CCCN6C(=O)[C@@H](NC(=O)OC)C(C)C)[nH]c5c4)N3c3ccc(N(C)S(C)(=O)=O)nc3)cc2[nH]1)C(C)C. The van der Waals surface area contributed by atoms with Crippen LogP contribution >= 0.6 is 0 Å². The molecule has 0 aliphatic carbocycles. The Morgan fingerprint density at radius 3 is 1.55 bits per heavy atom. The van der Waals surface area contributed by atoms with Gasteiger partial charge < -0.3 is 44.8 Å². The van der Waals surface area contributed by atoms with E-state index in [-0.39, 0.29) is 47.8 Å². The molecule has 0 spiro atoms. The lowest BCUT2D eigenvalue weighted by atomic mass is 10.0. The molecule has 6 heterocycles. The maximum atomic E-state index is 13.9. The number of benzene rings is 2. The molecular weight excluding hydrogens is 879 g/mol. The van der Waals surface area contributed by atoms with E-state index in [0.29, 0.717) is 30.6 Å². The van der Waals surface area contributed by atoms with Gasteiger partial charge in [0.05, 0.1) is 78.6 Å². The number of fused-ring (bicyclic) bond motifs is 2. The third-order valence-corrected chi connectivity index (χ3v) is 14.7. The number of imidazole rings is 2. The summed E-state index contributed by atoms with van der Waals surface area (Å²) < 4.78 is 35.6. The van der Waals surface area contributed by atoms with Gasteiger partial charge in [-0.3, -0.25) is 13.9 Å². The summed E-state index contributed by atoms with van der Waals surface area (Å²) in [5.41, 5.74) is 6.10. The molecule has 0 radical (unpaired) electrons. The van der Waals surface area contributed by atoms with E-state index in [1.165, 1.54) is 21.3 Å². The van der Waals surface area contributed by atoms with E-state index in [0.717, 1.165) is 88.0 Å². The molecule has 0 bridgehead atoms. The number of sulfonamides is 1. The summed E-state index contributed by atoms with van der Waals surface area (Å²) in [7, 11) is 0.497. The lowest BCUT2D eigenvalue weighted by Gasteiger charge is -2.33. The molecule has 3 fully saturated rings.